The predicted molar refractivity (Wildman–Crippen MR) is 458 cm³/mol. The summed E-state index contributed by atoms with van der Waals surface area (Å²) in [5.41, 5.74) is 20.7. The molecule has 562 valence electrons. The first kappa shape index (κ1) is 78.6. The van der Waals surface area contributed by atoms with Crippen LogP contribution in [-0.2, 0) is 104 Å². The van der Waals surface area contributed by atoms with Gasteiger partial charge in [0, 0.05) is 116 Å². The number of benzene rings is 14. The van der Waals surface area contributed by atoms with Crippen molar-refractivity contribution >= 4 is 108 Å². The average molecular weight is 2180 g/mol. The summed E-state index contributed by atoms with van der Waals surface area (Å²) in [6.45, 7) is 11.3. The summed E-state index contributed by atoms with van der Waals surface area (Å²) >= 11 is 0. The van der Waals surface area contributed by atoms with Crippen LogP contribution in [0.1, 0.15) is 79.6 Å². The Morgan fingerprint density at radius 3 is 1.21 bits per heavy atom. The van der Waals surface area contributed by atoms with E-state index in [1.54, 1.807) is 0 Å². The third-order valence-electron chi connectivity index (χ3n) is 23.0. The van der Waals surface area contributed by atoms with Crippen LogP contribution in [0.2, 0.25) is 0 Å². The molecule has 0 spiro atoms. The number of hydrogen-bond donors (Lipinski definition) is 0. The second kappa shape index (κ2) is 33.0. The fourth-order valence-electron chi connectivity index (χ4n) is 17.4. The molecule has 0 aliphatic heterocycles. The van der Waals surface area contributed by atoms with Gasteiger partial charge in [-0.3, -0.25) is 4.98 Å². The Labute approximate surface area is 718 Å². The summed E-state index contributed by atoms with van der Waals surface area (Å²) < 4.78 is 2.34. The van der Waals surface area contributed by atoms with Crippen molar-refractivity contribution in [3.63, 3.8) is 0 Å². The van der Waals surface area contributed by atoms with Gasteiger partial charge < -0.3 is 24.5 Å². The van der Waals surface area contributed by atoms with E-state index in [0.717, 1.165) is 72.8 Å². The number of fused-ring (bicyclic) bond motifs is 18. The minimum Gasteiger partial charge on any atom is -0.328 e. The maximum absolute atomic E-state index is 4.83. The number of para-hydroxylation sites is 2. The molecule has 0 bridgehead atoms. The van der Waals surface area contributed by atoms with Crippen molar-refractivity contribution in [3.8, 4) is 50.8 Å². The zero-order chi connectivity index (χ0) is 74.0. The molecule has 0 unspecified atom stereocenters. The first-order valence-electron chi connectivity index (χ1n) is 38.1. The maximum Gasteiger partial charge on any atom is 0.0444 e. The molecule has 0 amide bonds. The summed E-state index contributed by atoms with van der Waals surface area (Å²) in [5.74, 6) is 0. The van der Waals surface area contributed by atoms with Crippen LogP contribution in [0, 0.1) is 31.2 Å². The van der Waals surface area contributed by atoms with Gasteiger partial charge in [-0.15, -0.1) is 99.6 Å². The fourth-order valence-corrected chi connectivity index (χ4v) is 17.4. The molecular weight excluding hydrogens is 2100 g/mol. The Balaban J connectivity index is 0.000000120. The van der Waals surface area contributed by atoms with Gasteiger partial charge in [0.05, 0.1) is 0 Å². The summed E-state index contributed by atoms with van der Waals surface area (Å²) in [6, 6.07) is 119. The van der Waals surface area contributed by atoms with Crippen molar-refractivity contribution in [2.45, 2.75) is 71.1 Å². The van der Waals surface area contributed by atoms with Crippen LogP contribution in [0.5, 0.6) is 0 Å². The molecule has 20 aromatic rings. The molecular formula is C104H76Ir4N6-4. The van der Waals surface area contributed by atoms with E-state index in [0.29, 0.717) is 0 Å². The molecule has 4 radical (unpaired) electrons. The van der Waals surface area contributed by atoms with Crippen LogP contribution >= 0.6 is 0 Å². The van der Waals surface area contributed by atoms with Crippen LogP contribution in [-0.4, -0.2) is 29.5 Å². The monoisotopic (exact) mass is 2180 g/mol. The maximum atomic E-state index is 4.83. The number of pyridine rings is 5. The van der Waals surface area contributed by atoms with E-state index >= 15 is 0 Å². The molecule has 0 saturated carbocycles. The van der Waals surface area contributed by atoms with Gasteiger partial charge in [-0.05, 0) is 209 Å². The molecule has 14 aromatic carbocycles. The molecule has 6 heterocycles. The van der Waals surface area contributed by atoms with E-state index in [4.69, 9.17) is 15.0 Å². The van der Waals surface area contributed by atoms with E-state index in [1.807, 2.05) is 43.8 Å². The molecule has 2 aliphatic rings. The van der Waals surface area contributed by atoms with E-state index in [2.05, 4.69) is 352 Å². The quantitative estimate of drug-likeness (QED) is 0.127. The fraction of sp³-hybridized carbons (Fsp3) is 0.106. The largest absolute Gasteiger partial charge is 0.328 e. The minimum atomic E-state index is -0.0808. The van der Waals surface area contributed by atoms with Crippen LogP contribution in [0.3, 0.4) is 0 Å². The van der Waals surface area contributed by atoms with Crippen LogP contribution in [0.15, 0.2) is 322 Å². The molecule has 6 aromatic heterocycles. The Bertz CT molecular complexity index is 7030. The predicted octanol–water partition coefficient (Wildman–Crippen LogP) is 26.1. The second-order valence-electron chi connectivity index (χ2n) is 30.2. The van der Waals surface area contributed by atoms with Gasteiger partial charge in [-0.2, -0.15) is 12.1 Å². The molecule has 2 aliphatic carbocycles. The van der Waals surface area contributed by atoms with Gasteiger partial charge in [0.1, 0.15) is 0 Å². The Kier molecular flexibility index (Phi) is 22.8. The standard InChI is InChI=1S/C31H19N2.C31H26N.C23H18N.C19H13N2.4Ir/c1-2-9-23(10-3-1)33-29-13-7-6-12-26(29)27-16-15-22(20-30(27)33)31-28-17-14-21-8-4-5-11-24(21)25(28)18-19-32-31;1-30(2)25-11-7-8-12-26(25)31(3,4)28-19-21(14-16-27(28)30)29-24-15-13-20-9-5-6-10-22(20)23(24)17-18-32-29;1-2-7-18-15-19(10-9-16(18)5-1)23-22-12-11-17-6-3-4-8-20(17)21(22)13-14-24-23;1-13-5-4-8-18(21-13)19-17-10-9-14-6-2-3-7-15(14)16(17)11-12-20-19;;;;/h1-14,16-20H;5-13,15-19H,1-4H3;3-4,6,8-9,11-15H,1-2,5,7H2;2-7,9-12H,1H3;;;;/q4*-1;;;;. The van der Waals surface area contributed by atoms with Gasteiger partial charge in [0.25, 0.3) is 0 Å². The van der Waals surface area contributed by atoms with E-state index in [1.165, 1.54) is 151 Å². The zero-order valence-electron chi connectivity index (χ0n) is 63.4. The van der Waals surface area contributed by atoms with Crippen molar-refractivity contribution in [3.05, 3.63) is 385 Å². The molecule has 22 rings (SSSR count). The molecule has 0 saturated heterocycles. The topological polar surface area (TPSA) is 69.4 Å². The summed E-state index contributed by atoms with van der Waals surface area (Å²) in [6.07, 6.45) is 12.6. The second-order valence-corrected chi connectivity index (χ2v) is 30.2. The SMILES string of the molecule is CC1(C)c2c[c-]c(-c3nccc4c3ccc3ccccc34)cc2C(C)(C)c2ccccc21.Cc1cc[c-]c(-c2nccc3c2ccc2ccccc23)n1.[Ir].[Ir].[Ir].[Ir].[c-]1cc2c(cc1-c1nccc3c1ccc1ccccc13)CCCC2.[c-]1cc2c3ccccc3n(-c3ccccc3)c2cc1-c1nccc2c1ccc1ccccc12. The average Bonchev–Trinajstić information content (AvgIpc) is 0.921. The van der Waals surface area contributed by atoms with E-state index < -0.39 is 0 Å². The van der Waals surface area contributed by atoms with E-state index in [9.17, 15) is 0 Å². The Hall–Kier alpha value is -10.7. The Morgan fingerprint density at radius 2 is 0.702 bits per heavy atom. The van der Waals surface area contributed by atoms with Gasteiger partial charge in [-0.25, -0.2) is 0 Å². The number of hydrogen-bond acceptors (Lipinski definition) is 5. The first-order chi connectivity index (χ1) is 54.0. The van der Waals surface area contributed by atoms with Crippen molar-refractivity contribution in [2.24, 2.45) is 0 Å². The molecule has 0 fully saturated rings. The third kappa shape index (κ3) is 14.3. The first-order valence-corrected chi connectivity index (χ1v) is 38.1. The van der Waals surface area contributed by atoms with Gasteiger partial charge in [0.15, 0.2) is 0 Å². The molecule has 0 N–H and O–H groups in total. The summed E-state index contributed by atoms with van der Waals surface area (Å²) in [4.78, 5) is 23.4. The van der Waals surface area contributed by atoms with Crippen LogP contribution in [0.25, 0.3) is 159 Å². The molecule has 114 heavy (non-hydrogen) atoms. The van der Waals surface area contributed by atoms with Crippen LogP contribution in [0.4, 0.5) is 0 Å². The zero-order valence-corrected chi connectivity index (χ0v) is 73.0. The van der Waals surface area contributed by atoms with Gasteiger partial charge in [-0.1, -0.05) is 259 Å². The van der Waals surface area contributed by atoms with Gasteiger partial charge in [0.2, 0.25) is 0 Å². The smallest absolute Gasteiger partial charge is 0.0444 e. The van der Waals surface area contributed by atoms with Crippen LogP contribution < -0.4 is 0 Å². The minimum absolute atomic E-state index is 0. The Morgan fingerprint density at radius 1 is 0.298 bits per heavy atom. The van der Waals surface area contributed by atoms with Crippen molar-refractivity contribution < 1.29 is 80.4 Å². The molecule has 0 atom stereocenters. The number of aromatic nitrogens is 6. The number of nitrogens with zero attached hydrogens (tertiary/aromatic N) is 6. The molecule has 10 heteroatoms. The van der Waals surface area contributed by atoms with E-state index in [-0.39, 0.29) is 91.3 Å². The molecule has 6 nitrogen and oxygen atoms in total. The van der Waals surface area contributed by atoms with Crippen molar-refractivity contribution in [1.82, 2.24) is 29.5 Å². The summed E-state index contributed by atoms with van der Waals surface area (Å²) in [5, 5.41) is 22.1. The third-order valence-corrected chi connectivity index (χ3v) is 23.0. The number of rotatable bonds is 5. The van der Waals surface area contributed by atoms with Crippen molar-refractivity contribution in [1.29, 1.82) is 0 Å². The van der Waals surface area contributed by atoms with Crippen molar-refractivity contribution in [2.75, 3.05) is 0 Å². The summed E-state index contributed by atoms with van der Waals surface area (Å²) in [7, 11) is 0. The normalized spacial score (nSPS) is 12.9. The van der Waals surface area contributed by atoms with Gasteiger partial charge >= 0.3 is 0 Å². The number of aryl methyl sites for hydroxylation is 3.